The van der Waals surface area contributed by atoms with Gasteiger partial charge in [-0.3, -0.25) is 4.79 Å². The van der Waals surface area contributed by atoms with Crippen molar-refractivity contribution >= 4 is 17.2 Å². The predicted molar refractivity (Wildman–Crippen MR) is 77.2 cm³/mol. The minimum Gasteiger partial charge on any atom is -0.384 e. The fraction of sp³-hybridized carbons (Fsp3) is 0.533. The number of aliphatic hydroxyl groups is 1. The molecule has 0 radical (unpaired) electrons. The van der Waals surface area contributed by atoms with Crippen LogP contribution >= 0.6 is 11.3 Å². The van der Waals surface area contributed by atoms with Gasteiger partial charge in [-0.15, -0.1) is 11.3 Å². The van der Waals surface area contributed by atoms with Crippen LogP contribution in [0.1, 0.15) is 40.9 Å². The van der Waals surface area contributed by atoms with E-state index in [0.29, 0.717) is 11.5 Å². The van der Waals surface area contributed by atoms with E-state index in [1.54, 1.807) is 6.07 Å². The molecule has 1 aromatic rings. The number of thiophene rings is 1. The van der Waals surface area contributed by atoms with Crippen LogP contribution < -0.4 is 0 Å². The first kappa shape index (κ1) is 14.1. The molecule has 1 fully saturated rings. The van der Waals surface area contributed by atoms with Crippen molar-refractivity contribution < 1.29 is 9.90 Å². The number of carbonyl (C=O) groups excluding carboxylic acids is 1. The molecule has 1 heterocycles. The second-order valence-corrected chi connectivity index (χ2v) is 5.91. The van der Waals surface area contributed by atoms with Gasteiger partial charge in [-0.25, -0.2) is 0 Å². The molecule has 2 rings (SSSR count). The van der Waals surface area contributed by atoms with Crippen molar-refractivity contribution in [2.75, 3.05) is 20.2 Å². The van der Waals surface area contributed by atoms with Gasteiger partial charge in [0.15, 0.2) is 0 Å². The van der Waals surface area contributed by atoms with Crippen molar-refractivity contribution in [1.29, 1.82) is 0 Å². The number of carbonyl (C=O) groups is 1. The third kappa shape index (κ3) is 3.82. The molecule has 1 saturated carbocycles. The SMILES string of the molecule is CN(CC1CCCC1)C(=O)c1csc(C#CCO)c1. The van der Waals surface area contributed by atoms with Gasteiger partial charge < -0.3 is 10.0 Å². The number of hydrogen-bond donors (Lipinski definition) is 1. The Bertz CT molecular complexity index is 492. The summed E-state index contributed by atoms with van der Waals surface area (Å²) in [5.74, 6) is 6.16. The minimum atomic E-state index is -0.150. The van der Waals surface area contributed by atoms with Crippen LogP contribution in [0.3, 0.4) is 0 Å². The van der Waals surface area contributed by atoms with Gasteiger partial charge in [-0.2, -0.15) is 0 Å². The highest BCUT2D eigenvalue weighted by Crippen LogP contribution is 2.25. The maximum absolute atomic E-state index is 12.3. The molecule has 3 nitrogen and oxygen atoms in total. The second kappa shape index (κ2) is 6.74. The molecule has 0 aromatic carbocycles. The normalized spacial score (nSPS) is 15.1. The molecule has 0 unspecified atom stereocenters. The van der Waals surface area contributed by atoms with Crippen LogP contribution in [0.15, 0.2) is 11.4 Å². The Hall–Kier alpha value is -1.31. The highest BCUT2D eigenvalue weighted by Gasteiger charge is 2.20. The van der Waals surface area contributed by atoms with Crippen molar-refractivity contribution in [3.05, 3.63) is 21.9 Å². The Kier molecular flexibility index (Phi) is 5.00. The van der Waals surface area contributed by atoms with Crippen LogP contribution in [0, 0.1) is 17.8 Å². The van der Waals surface area contributed by atoms with Gasteiger partial charge in [-0.1, -0.05) is 24.7 Å². The third-order valence-corrected chi connectivity index (χ3v) is 4.34. The van der Waals surface area contributed by atoms with E-state index in [1.807, 2.05) is 17.3 Å². The van der Waals surface area contributed by atoms with E-state index >= 15 is 0 Å². The molecule has 19 heavy (non-hydrogen) atoms. The molecule has 1 amide bonds. The monoisotopic (exact) mass is 277 g/mol. The minimum absolute atomic E-state index is 0.0696. The molecule has 0 bridgehead atoms. The zero-order valence-corrected chi connectivity index (χ0v) is 12.0. The van der Waals surface area contributed by atoms with E-state index in [9.17, 15) is 4.79 Å². The maximum atomic E-state index is 12.3. The molecule has 4 heteroatoms. The van der Waals surface area contributed by atoms with Crippen molar-refractivity contribution in [2.45, 2.75) is 25.7 Å². The molecular weight excluding hydrogens is 258 g/mol. The highest BCUT2D eigenvalue weighted by atomic mass is 32.1. The van der Waals surface area contributed by atoms with Crippen LogP contribution in [0.4, 0.5) is 0 Å². The molecule has 0 atom stereocenters. The van der Waals surface area contributed by atoms with E-state index < -0.39 is 0 Å². The van der Waals surface area contributed by atoms with Gasteiger partial charge >= 0.3 is 0 Å². The molecule has 1 N–H and O–H groups in total. The lowest BCUT2D eigenvalue weighted by molar-refractivity contribution is 0.0774. The smallest absolute Gasteiger partial charge is 0.254 e. The summed E-state index contributed by atoms with van der Waals surface area (Å²) >= 11 is 1.45. The largest absolute Gasteiger partial charge is 0.384 e. The molecule has 0 aliphatic heterocycles. The van der Waals surface area contributed by atoms with Gasteiger partial charge in [0, 0.05) is 19.0 Å². The summed E-state index contributed by atoms with van der Waals surface area (Å²) in [4.78, 5) is 14.9. The van der Waals surface area contributed by atoms with E-state index in [-0.39, 0.29) is 12.5 Å². The lowest BCUT2D eigenvalue weighted by Gasteiger charge is -2.20. The number of rotatable bonds is 3. The van der Waals surface area contributed by atoms with E-state index in [2.05, 4.69) is 11.8 Å². The second-order valence-electron chi connectivity index (χ2n) is 5.00. The topological polar surface area (TPSA) is 40.5 Å². The maximum Gasteiger partial charge on any atom is 0.254 e. The van der Waals surface area contributed by atoms with E-state index in [0.717, 1.165) is 11.4 Å². The molecular formula is C15H19NO2S. The summed E-state index contributed by atoms with van der Waals surface area (Å²) in [6.45, 7) is 0.703. The third-order valence-electron chi connectivity index (χ3n) is 3.49. The Morgan fingerprint density at radius 2 is 2.26 bits per heavy atom. The standard InChI is InChI=1S/C15H19NO2S/c1-16(10-12-5-2-3-6-12)15(18)13-9-14(19-11-13)7-4-8-17/h9,11-12,17H,2-3,5-6,8,10H2,1H3. The molecule has 1 aromatic heterocycles. The fourth-order valence-electron chi connectivity index (χ4n) is 2.52. The molecule has 102 valence electrons. The summed E-state index contributed by atoms with van der Waals surface area (Å²) < 4.78 is 0. The molecule has 1 aliphatic carbocycles. The highest BCUT2D eigenvalue weighted by molar-refractivity contribution is 7.10. The van der Waals surface area contributed by atoms with Crippen LogP contribution in [0.25, 0.3) is 0 Å². The lowest BCUT2D eigenvalue weighted by Crippen LogP contribution is -2.30. The zero-order valence-electron chi connectivity index (χ0n) is 11.2. The van der Waals surface area contributed by atoms with Gasteiger partial charge in [0.25, 0.3) is 5.91 Å². The summed E-state index contributed by atoms with van der Waals surface area (Å²) in [6.07, 6.45) is 5.08. The zero-order chi connectivity index (χ0) is 13.7. The average Bonchev–Trinajstić information content (AvgIpc) is 3.06. The summed E-state index contributed by atoms with van der Waals surface area (Å²) in [5.41, 5.74) is 0.702. The fourth-order valence-corrected chi connectivity index (χ4v) is 3.27. The van der Waals surface area contributed by atoms with Crippen molar-refractivity contribution in [3.8, 4) is 11.8 Å². The summed E-state index contributed by atoms with van der Waals surface area (Å²) in [6, 6.07) is 1.81. The Balaban J connectivity index is 1.96. The van der Waals surface area contributed by atoms with Crippen molar-refractivity contribution in [2.24, 2.45) is 5.92 Å². The van der Waals surface area contributed by atoms with Crippen molar-refractivity contribution in [3.63, 3.8) is 0 Å². The van der Waals surface area contributed by atoms with E-state index in [1.165, 1.54) is 37.0 Å². The Morgan fingerprint density at radius 1 is 1.53 bits per heavy atom. The van der Waals surface area contributed by atoms with Gasteiger partial charge in [0.2, 0.25) is 0 Å². The van der Waals surface area contributed by atoms with Crippen molar-refractivity contribution in [1.82, 2.24) is 4.90 Å². The quantitative estimate of drug-likeness (QED) is 0.862. The predicted octanol–water partition coefficient (Wildman–Crippen LogP) is 2.35. The first-order valence-electron chi connectivity index (χ1n) is 6.64. The first-order chi connectivity index (χ1) is 9.20. The Labute approximate surface area is 118 Å². The van der Waals surface area contributed by atoms with Gasteiger partial charge in [0.1, 0.15) is 6.61 Å². The molecule has 0 spiro atoms. The summed E-state index contributed by atoms with van der Waals surface area (Å²) in [7, 11) is 1.87. The first-order valence-corrected chi connectivity index (χ1v) is 7.52. The number of hydrogen-bond acceptors (Lipinski definition) is 3. The number of amides is 1. The van der Waals surface area contributed by atoms with Gasteiger partial charge in [-0.05, 0) is 24.8 Å². The van der Waals surface area contributed by atoms with Gasteiger partial charge in [0.05, 0.1) is 10.4 Å². The van der Waals surface area contributed by atoms with Crippen LogP contribution in [0.2, 0.25) is 0 Å². The Morgan fingerprint density at radius 3 is 2.95 bits per heavy atom. The summed E-state index contributed by atoms with van der Waals surface area (Å²) in [5, 5.41) is 10.5. The van der Waals surface area contributed by atoms with Crippen LogP contribution in [-0.4, -0.2) is 36.1 Å². The molecule has 1 aliphatic rings. The average molecular weight is 277 g/mol. The van der Waals surface area contributed by atoms with E-state index in [4.69, 9.17) is 5.11 Å². The number of aliphatic hydroxyl groups excluding tert-OH is 1. The molecule has 0 saturated heterocycles. The van der Waals surface area contributed by atoms with Crippen LogP contribution in [0.5, 0.6) is 0 Å². The lowest BCUT2D eigenvalue weighted by atomic mass is 10.1. The number of nitrogens with zero attached hydrogens (tertiary/aromatic N) is 1. The van der Waals surface area contributed by atoms with Crippen LogP contribution in [-0.2, 0) is 0 Å².